The molecule has 3 rings (SSSR count). The minimum atomic E-state index is -0.741. The third-order valence-electron chi connectivity index (χ3n) is 3.09. The predicted molar refractivity (Wildman–Crippen MR) is 81.9 cm³/mol. The van der Waals surface area contributed by atoms with Gasteiger partial charge in [-0.25, -0.2) is 9.37 Å². The van der Waals surface area contributed by atoms with Crippen molar-refractivity contribution in [3.8, 4) is 5.75 Å². The number of hydrogen-bond acceptors (Lipinski definition) is 6. The van der Waals surface area contributed by atoms with Crippen LogP contribution < -0.4 is 10.1 Å². The van der Waals surface area contributed by atoms with E-state index in [1.807, 2.05) is 0 Å². The fraction of sp³-hybridized carbons (Fsp3) is 0.267. The molecule has 0 aliphatic heterocycles. The van der Waals surface area contributed by atoms with Crippen molar-refractivity contribution in [3.63, 3.8) is 0 Å². The van der Waals surface area contributed by atoms with Gasteiger partial charge >= 0.3 is 0 Å². The molecule has 3 aromatic rings. The fourth-order valence-electron chi connectivity index (χ4n) is 1.99. The first-order chi connectivity index (χ1) is 11.1. The van der Waals surface area contributed by atoms with E-state index in [1.54, 1.807) is 19.1 Å². The molecule has 0 fully saturated rings. The lowest BCUT2D eigenvalue weighted by molar-refractivity contribution is 0.117. The molecule has 0 unspecified atom stereocenters. The lowest BCUT2D eigenvalue weighted by Gasteiger charge is -2.13. The van der Waals surface area contributed by atoms with E-state index in [1.165, 1.54) is 28.9 Å². The lowest BCUT2D eigenvalue weighted by Crippen LogP contribution is -2.26. The summed E-state index contributed by atoms with van der Waals surface area (Å²) in [5.74, 6) is 1.39. The molecule has 120 valence electrons. The molecular weight excluding hydrogens is 301 g/mol. The maximum Gasteiger partial charge on any atom is 0.176 e. The maximum absolute atomic E-state index is 12.8. The third-order valence-corrected chi connectivity index (χ3v) is 3.09. The first kappa shape index (κ1) is 15.2. The number of aliphatic hydroxyl groups is 1. The Balaban J connectivity index is 1.51. The summed E-state index contributed by atoms with van der Waals surface area (Å²) in [4.78, 5) is 4.18. The Morgan fingerprint density at radius 3 is 2.78 bits per heavy atom. The number of ether oxygens (including phenoxy) is 1. The summed E-state index contributed by atoms with van der Waals surface area (Å²) in [6.07, 6.45) is -0.741. The topological polar surface area (TPSA) is 84.6 Å². The Kier molecular flexibility index (Phi) is 4.33. The molecule has 0 aliphatic rings. The zero-order valence-corrected chi connectivity index (χ0v) is 12.5. The molecule has 1 atom stereocenters. The number of hydrogen-bond donors (Lipinski definition) is 2. The number of rotatable bonds is 6. The highest BCUT2D eigenvalue weighted by molar-refractivity contribution is 5.43. The molecule has 2 heterocycles. The van der Waals surface area contributed by atoms with Crippen LogP contribution in [0.3, 0.4) is 0 Å². The van der Waals surface area contributed by atoms with E-state index >= 15 is 0 Å². The van der Waals surface area contributed by atoms with E-state index in [0.717, 1.165) is 0 Å². The fourth-order valence-corrected chi connectivity index (χ4v) is 1.99. The minimum absolute atomic E-state index is 0.0866. The zero-order chi connectivity index (χ0) is 16.2. The van der Waals surface area contributed by atoms with Gasteiger partial charge in [0.05, 0.1) is 0 Å². The molecule has 0 spiro atoms. The third kappa shape index (κ3) is 3.92. The van der Waals surface area contributed by atoms with Crippen molar-refractivity contribution < 1.29 is 14.2 Å². The summed E-state index contributed by atoms with van der Waals surface area (Å²) >= 11 is 0. The highest BCUT2D eigenvalue weighted by atomic mass is 19.1. The van der Waals surface area contributed by atoms with Gasteiger partial charge in [-0.3, -0.25) is 0 Å². The van der Waals surface area contributed by atoms with E-state index in [4.69, 9.17) is 4.74 Å². The number of halogens is 1. The van der Waals surface area contributed by atoms with Gasteiger partial charge in [0.1, 0.15) is 35.9 Å². The van der Waals surface area contributed by atoms with Gasteiger partial charge < -0.3 is 15.2 Å². The molecular formula is C15H16FN5O2. The van der Waals surface area contributed by atoms with Crippen molar-refractivity contribution in [1.29, 1.82) is 0 Å². The van der Waals surface area contributed by atoms with Gasteiger partial charge in [0.2, 0.25) is 0 Å². The van der Waals surface area contributed by atoms with Gasteiger partial charge in [-0.2, -0.15) is 0 Å². The Morgan fingerprint density at radius 1 is 1.22 bits per heavy atom. The molecule has 23 heavy (non-hydrogen) atoms. The average molecular weight is 317 g/mol. The normalized spacial score (nSPS) is 12.3. The second kappa shape index (κ2) is 6.57. The molecule has 0 aliphatic carbocycles. The molecule has 1 aromatic carbocycles. The molecule has 0 radical (unpaired) electrons. The molecule has 7 nitrogen and oxygen atoms in total. The zero-order valence-electron chi connectivity index (χ0n) is 12.5. The number of benzene rings is 1. The van der Waals surface area contributed by atoms with Crippen LogP contribution in [0.5, 0.6) is 5.75 Å². The molecule has 2 aromatic heterocycles. The maximum atomic E-state index is 12.8. The summed E-state index contributed by atoms with van der Waals surface area (Å²) in [5.41, 5.74) is 0.660. The van der Waals surface area contributed by atoms with Crippen molar-refractivity contribution in [1.82, 2.24) is 19.8 Å². The molecule has 0 saturated carbocycles. The van der Waals surface area contributed by atoms with Crippen LogP contribution >= 0.6 is 0 Å². The van der Waals surface area contributed by atoms with Gasteiger partial charge in [0.15, 0.2) is 5.65 Å². The van der Waals surface area contributed by atoms with Gasteiger partial charge in [0, 0.05) is 6.54 Å². The van der Waals surface area contributed by atoms with E-state index in [2.05, 4.69) is 20.5 Å². The van der Waals surface area contributed by atoms with Gasteiger partial charge in [-0.1, -0.05) is 0 Å². The molecule has 2 N–H and O–H groups in total. The Labute approximate surface area is 131 Å². The minimum Gasteiger partial charge on any atom is -0.491 e. The van der Waals surface area contributed by atoms with Crippen LogP contribution in [0, 0.1) is 12.7 Å². The van der Waals surface area contributed by atoms with Crippen LogP contribution in [0.2, 0.25) is 0 Å². The summed E-state index contributed by atoms with van der Waals surface area (Å²) in [5, 5.41) is 21.3. The first-order valence-electron chi connectivity index (χ1n) is 7.11. The molecule has 0 saturated heterocycles. The number of aliphatic hydroxyl groups excluding tert-OH is 1. The first-order valence-corrected chi connectivity index (χ1v) is 7.11. The quantitative estimate of drug-likeness (QED) is 0.715. The van der Waals surface area contributed by atoms with Crippen molar-refractivity contribution in [2.24, 2.45) is 0 Å². The van der Waals surface area contributed by atoms with Gasteiger partial charge in [-0.05, 0) is 43.3 Å². The SMILES string of the molecule is Cc1nc2ccc(NC[C@H](O)COc3ccc(F)cc3)nn2n1. The van der Waals surface area contributed by atoms with Gasteiger partial charge in [-0.15, -0.1) is 14.8 Å². The second-order valence-corrected chi connectivity index (χ2v) is 5.02. The number of aromatic nitrogens is 4. The lowest BCUT2D eigenvalue weighted by atomic mass is 10.3. The number of anilines is 1. The number of aryl methyl sites for hydroxylation is 1. The van der Waals surface area contributed by atoms with E-state index in [9.17, 15) is 9.50 Å². The second-order valence-electron chi connectivity index (χ2n) is 5.02. The molecule has 0 bridgehead atoms. The monoisotopic (exact) mass is 317 g/mol. The van der Waals surface area contributed by atoms with Crippen LogP contribution in [0.1, 0.15) is 5.82 Å². The molecule has 8 heteroatoms. The Bertz CT molecular complexity index is 790. The van der Waals surface area contributed by atoms with Crippen LogP contribution in [0.4, 0.5) is 10.2 Å². The highest BCUT2D eigenvalue weighted by Crippen LogP contribution is 2.11. The van der Waals surface area contributed by atoms with Crippen molar-refractivity contribution in [3.05, 3.63) is 48.0 Å². The van der Waals surface area contributed by atoms with E-state index in [-0.39, 0.29) is 19.0 Å². The van der Waals surface area contributed by atoms with Crippen LogP contribution in [0.15, 0.2) is 36.4 Å². The summed E-state index contributed by atoms with van der Waals surface area (Å²) in [7, 11) is 0. The number of nitrogens with one attached hydrogen (secondary N) is 1. The average Bonchev–Trinajstić information content (AvgIpc) is 2.91. The smallest absolute Gasteiger partial charge is 0.176 e. The standard InChI is InChI=1S/C15H16FN5O2/c1-10-18-15-7-6-14(20-21(15)19-10)17-8-12(22)9-23-13-4-2-11(16)3-5-13/h2-7,12,22H,8-9H2,1H3,(H,17,20)/t12-/m0/s1. The molecule has 0 amide bonds. The van der Waals surface area contributed by atoms with Crippen LogP contribution in [-0.2, 0) is 0 Å². The van der Waals surface area contributed by atoms with Crippen LogP contribution in [-0.4, -0.2) is 44.2 Å². The Morgan fingerprint density at radius 2 is 2.00 bits per heavy atom. The summed E-state index contributed by atoms with van der Waals surface area (Å²) in [6.45, 7) is 2.13. The van der Waals surface area contributed by atoms with Crippen molar-refractivity contribution in [2.75, 3.05) is 18.5 Å². The van der Waals surface area contributed by atoms with E-state index < -0.39 is 6.10 Å². The van der Waals surface area contributed by atoms with Crippen molar-refractivity contribution >= 4 is 11.5 Å². The predicted octanol–water partition coefficient (Wildman–Crippen LogP) is 1.42. The highest BCUT2D eigenvalue weighted by Gasteiger charge is 2.07. The van der Waals surface area contributed by atoms with Crippen LogP contribution in [0.25, 0.3) is 5.65 Å². The number of fused-ring (bicyclic) bond motifs is 1. The van der Waals surface area contributed by atoms with E-state index in [0.29, 0.717) is 23.0 Å². The largest absolute Gasteiger partial charge is 0.491 e. The van der Waals surface area contributed by atoms with Crippen molar-refractivity contribution in [2.45, 2.75) is 13.0 Å². The number of nitrogens with zero attached hydrogens (tertiary/aromatic N) is 4. The Hall–Kier alpha value is -2.74. The van der Waals surface area contributed by atoms with Gasteiger partial charge in [0.25, 0.3) is 0 Å². The summed E-state index contributed by atoms with van der Waals surface area (Å²) < 4.78 is 19.6. The summed E-state index contributed by atoms with van der Waals surface area (Å²) in [6, 6.07) is 9.18.